The Morgan fingerprint density at radius 3 is 1.84 bits per heavy atom. The molecule has 0 rings (SSSR count). The van der Waals surface area contributed by atoms with E-state index in [4.69, 9.17) is 22.3 Å². The van der Waals surface area contributed by atoms with Crippen molar-refractivity contribution in [3.05, 3.63) is 0 Å². The molecular formula is C18H32N6O7S. The van der Waals surface area contributed by atoms with E-state index in [9.17, 15) is 28.8 Å². The minimum Gasteiger partial charge on any atom is -0.480 e. The van der Waals surface area contributed by atoms with Gasteiger partial charge < -0.3 is 38.3 Å². The molecule has 0 aromatic carbocycles. The van der Waals surface area contributed by atoms with Crippen molar-refractivity contribution in [2.45, 2.75) is 63.2 Å². The second-order valence-electron chi connectivity index (χ2n) is 7.09. The Balaban J connectivity index is 5.01. The number of primary amides is 2. The van der Waals surface area contributed by atoms with Crippen LogP contribution >= 0.6 is 11.8 Å². The maximum atomic E-state index is 12.6. The number of aliphatic carboxylic acids is 1. The fourth-order valence-electron chi connectivity index (χ4n) is 2.43. The van der Waals surface area contributed by atoms with Crippen molar-refractivity contribution in [1.82, 2.24) is 16.0 Å². The van der Waals surface area contributed by atoms with Crippen LogP contribution in [0.15, 0.2) is 0 Å². The van der Waals surface area contributed by atoms with Gasteiger partial charge in [-0.1, -0.05) is 0 Å². The van der Waals surface area contributed by atoms with E-state index in [0.29, 0.717) is 5.75 Å². The molecule has 0 heterocycles. The Hall–Kier alpha value is -2.87. The molecule has 32 heavy (non-hydrogen) atoms. The molecule has 13 nitrogen and oxygen atoms in total. The minimum absolute atomic E-state index is 0.0126. The molecule has 0 radical (unpaired) electrons. The van der Waals surface area contributed by atoms with Gasteiger partial charge in [-0.05, 0) is 38.2 Å². The van der Waals surface area contributed by atoms with E-state index < -0.39 is 59.7 Å². The first-order chi connectivity index (χ1) is 14.9. The van der Waals surface area contributed by atoms with Gasteiger partial charge in [0.2, 0.25) is 29.5 Å². The van der Waals surface area contributed by atoms with Gasteiger partial charge in [0.25, 0.3) is 0 Å². The van der Waals surface area contributed by atoms with Crippen LogP contribution < -0.4 is 33.2 Å². The second-order valence-corrected chi connectivity index (χ2v) is 8.07. The average molecular weight is 477 g/mol. The Labute approximate surface area is 189 Å². The van der Waals surface area contributed by atoms with Crippen molar-refractivity contribution in [2.75, 3.05) is 12.0 Å². The van der Waals surface area contributed by atoms with Crippen LogP contribution in [0.25, 0.3) is 0 Å². The lowest BCUT2D eigenvalue weighted by Crippen LogP contribution is -2.56. The van der Waals surface area contributed by atoms with Gasteiger partial charge in [-0.2, -0.15) is 11.8 Å². The number of amides is 5. The monoisotopic (exact) mass is 476 g/mol. The highest BCUT2D eigenvalue weighted by Gasteiger charge is 2.28. The van der Waals surface area contributed by atoms with Gasteiger partial charge in [-0.25, -0.2) is 4.79 Å². The predicted octanol–water partition coefficient (Wildman–Crippen LogP) is -2.84. The molecule has 0 saturated carbocycles. The van der Waals surface area contributed by atoms with Gasteiger partial charge in [-0.15, -0.1) is 0 Å². The number of nitrogens with two attached hydrogens (primary N) is 3. The molecule has 0 aromatic rings. The third kappa shape index (κ3) is 12.1. The van der Waals surface area contributed by atoms with Crippen LogP contribution in [0.5, 0.6) is 0 Å². The maximum Gasteiger partial charge on any atom is 0.326 e. The first-order valence-electron chi connectivity index (χ1n) is 9.84. The fraction of sp³-hybridized carbons (Fsp3) is 0.667. The largest absolute Gasteiger partial charge is 0.480 e. The van der Waals surface area contributed by atoms with E-state index in [2.05, 4.69) is 16.0 Å². The quantitative estimate of drug-likeness (QED) is 0.121. The molecule has 0 bridgehead atoms. The van der Waals surface area contributed by atoms with Crippen LogP contribution in [-0.4, -0.2) is 76.8 Å². The van der Waals surface area contributed by atoms with E-state index >= 15 is 0 Å². The summed E-state index contributed by atoms with van der Waals surface area (Å²) in [6.07, 6.45) is 1.53. The lowest BCUT2D eigenvalue weighted by Gasteiger charge is -2.23. The number of hydrogen-bond acceptors (Lipinski definition) is 8. The molecule has 0 fully saturated rings. The van der Waals surface area contributed by atoms with Gasteiger partial charge in [0.1, 0.15) is 18.1 Å². The Bertz CT molecular complexity index is 705. The number of carboxylic acid groups (broad SMARTS) is 1. The SMILES string of the molecule is CSCCC(NC(=O)C(N)CCC(N)=O)C(=O)NC(C)C(=O)NC(CCC(N)=O)C(=O)O. The highest BCUT2D eigenvalue weighted by Crippen LogP contribution is 2.04. The number of nitrogens with one attached hydrogen (secondary N) is 3. The summed E-state index contributed by atoms with van der Waals surface area (Å²) in [5.41, 5.74) is 15.7. The summed E-state index contributed by atoms with van der Waals surface area (Å²) in [5, 5.41) is 16.3. The van der Waals surface area contributed by atoms with E-state index in [1.54, 1.807) is 0 Å². The average Bonchev–Trinajstić information content (AvgIpc) is 2.71. The molecule has 14 heteroatoms. The van der Waals surface area contributed by atoms with Gasteiger partial charge in [-0.3, -0.25) is 24.0 Å². The molecular weight excluding hydrogens is 444 g/mol. The number of rotatable bonds is 16. The summed E-state index contributed by atoms with van der Waals surface area (Å²) in [6.45, 7) is 1.34. The van der Waals surface area contributed by atoms with Gasteiger partial charge in [0.05, 0.1) is 6.04 Å². The number of hydrogen-bond donors (Lipinski definition) is 7. The number of carbonyl (C=O) groups excluding carboxylic acids is 5. The van der Waals surface area contributed by atoms with Crippen molar-refractivity contribution in [1.29, 1.82) is 0 Å². The molecule has 5 amide bonds. The van der Waals surface area contributed by atoms with E-state index in [1.807, 2.05) is 6.26 Å². The van der Waals surface area contributed by atoms with E-state index in [-0.39, 0.29) is 32.1 Å². The van der Waals surface area contributed by atoms with Crippen LogP contribution in [0, 0.1) is 0 Å². The number of carbonyl (C=O) groups is 6. The Morgan fingerprint density at radius 1 is 0.812 bits per heavy atom. The summed E-state index contributed by atoms with van der Waals surface area (Å²) in [7, 11) is 0. The summed E-state index contributed by atoms with van der Waals surface area (Å²) < 4.78 is 0. The molecule has 4 atom stereocenters. The summed E-state index contributed by atoms with van der Waals surface area (Å²) in [4.78, 5) is 70.1. The zero-order valence-electron chi connectivity index (χ0n) is 18.1. The highest BCUT2D eigenvalue weighted by atomic mass is 32.2. The number of carboxylic acids is 1. The van der Waals surface area contributed by atoms with Crippen molar-refractivity contribution in [3.8, 4) is 0 Å². The van der Waals surface area contributed by atoms with E-state index in [1.165, 1.54) is 18.7 Å². The molecule has 0 aromatic heterocycles. The summed E-state index contributed by atoms with van der Waals surface area (Å²) in [6, 6.07) is -4.54. The third-order valence-electron chi connectivity index (χ3n) is 4.33. The Morgan fingerprint density at radius 2 is 1.34 bits per heavy atom. The topological polar surface area (TPSA) is 237 Å². The van der Waals surface area contributed by atoms with Crippen LogP contribution in [-0.2, 0) is 28.8 Å². The zero-order chi connectivity index (χ0) is 24.8. The van der Waals surface area contributed by atoms with Gasteiger partial charge in [0, 0.05) is 12.8 Å². The third-order valence-corrected chi connectivity index (χ3v) is 4.97. The van der Waals surface area contributed by atoms with Crippen molar-refractivity contribution in [2.24, 2.45) is 17.2 Å². The first kappa shape index (κ1) is 29.1. The van der Waals surface area contributed by atoms with Crippen LogP contribution in [0.4, 0.5) is 0 Å². The minimum atomic E-state index is -1.36. The van der Waals surface area contributed by atoms with Gasteiger partial charge in [0.15, 0.2) is 0 Å². The molecule has 4 unspecified atom stereocenters. The lowest BCUT2D eigenvalue weighted by molar-refractivity contribution is -0.142. The first-order valence-corrected chi connectivity index (χ1v) is 11.2. The molecule has 0 saturated heterocycles. The standard InChI is InChI=1S/C18H32N6O7S/c1-9(15(27)24-12(18(30)31)4-6-14(21)26)22-17(29)11(7-8-32-2)23-16(28)10(19)3-5-13(20)25/h9-12H,3-8,19H2,1-2H3,(H2,20,25)(H2,21,26)(H,22,29)(H,23,28)(H,24,27)(H,30,31). The highest BCUT2D eigenvalue weighted by molar-refractivity contribution is 7.98. The predicted molar refractivity (Wildman–Crippen MR) is 117 cm³/mol. The smallest absolute Gasteiger partial charge is 0.326 e. The second kappa shape index (κ2) is 15.0. The Kier molecular flexibility index (Phi) is 13.7. The zero-order valence-corrected chi connectivity index (χ0v) is 18.9. The molecule has 182 valence electrons. The lowest BCUT2D eigenvalue weighted by atomic mass is 10.1. The molecule has 10 N–H and O–H groups in total. The van der Waals surface area contributed by atoms with Crippen LogP contribution in [0.3, 0.4) is 0 Å². The van der Waals surface area contributed by atoms with Crippen LogP contribution in [0.2, 0.25) is 0 Å². The normalized spacial score (nSPS) is 14.3. The van der Waals surface area contributed by atoms with Crippen molar-refractivity contribution in [3.63, 3.8) is 0 Å². The van der Waals surface area contributed by atoms with Crippen molar-refractivity contribution < 1.29 is 33.9 Å². The molecule has 0 spiro atoms. The van der Waals surface area contributed by atoms with Crippen molar-refractivity contribution >= 4 is 47.3 Å². The molecule has 0 aliphatic heterocycles. The van der Waals surface area contributed by atoms with Gasteiger partial charge >= 0.3 is 5.97 Å². The van der Waals surface area contributed by atoms with E-state index in [0.717, 1.165) is 0 Å². The summed E-state index contributed by atoms with van der Waals surface area (Å²) in [5.74, 6) is -4.27. The summed E-state index contributed by atoms with van der Waals surface area (Å²) >= 11 is 1.44. The fourth-order valence-corrected chi connectivity index (χ4v) is 2.90. The number of thioether (sulfide) groups is 1. The molecule has 0 aliphatic rings. The maximum absolute atomic E-state index is 12.6. The van der Waals surface area contributed by atoms with Crippen LogP contribution in [0.1, 0.15) is 39.0 Å². The molecule has 0 aliphatic carbocycles.